The zero-order valence-corrected chi connectivity index (χ0v) is 12.7. The average molecular weight is 307 g/mol. The Labute approximate surface area is 129 Å². The van der Waals surface area contributed by atoms with Gasteiger partial charge in [-0.1, -0.05) is 23.7 Å². The molecule has 21 heavy (non-hydrogen) atoms. The van der Waals surface area contributed by atoms with Gasteiger partial charge in [0.05, 0.1) is 6.33 Å². The van der Waals surface area contributed by atoms with Crippen LogP contribution in [-0.2, 0) is 13.0 Å². The first-order valence-electron chi connectivity index (χ1n) is 6.85. The van der Waals surface area contributed by atoms with E-state index in [1.165, 1.54) is 0 Å². The molecule has 0 bridgehead atoms. The van der Waals surface area contributed by atoms with Crippen molar-refractivity contribution in [1.82, 2.24) is 14.9 Å². The maximum Gasteiger partial charge on any atom is 0.271 e. The highest BCUT2D eigenvalue weighted by atomic mass is 35.5. The summed E-state index contributed by atoms with van der Waals surface area (Å²) in [5, 5.41) is 3.63. The number of imidazole rings is 1. The molecule has 1 aromatic heterocycles. The highest BCUT2D eigenvalue weighted by molar-refractivity contribution is 6.30. The van der Waals surface area contributed by atoms with Crippen molar-refractivity contribution in [3.05, 3.63) is 53.1 Å². The van der Waals surface area contributed by atoms with Gasteiger partial charge in [-0.2, -0.15) is 0 Å². The zero-order chi connectivity index (χ0) is 15.2. The Morgan fingerprint density at radius 3 is 3.05 bits per heavy atom. The summed E-state index contributed by atoms with van der Waals surface area (Å²) in [6.45, 7) is 3.12. The molecule has 2 rings (SSSR count). The molecule has 0 fully saturated rings. The first kappa shape index (κ1) is 15.5. The van der Waals surface area contributed by atoms with E-state index in [1.807, 2.05) is 31.2 Å². The molecule has 0 aliphatic carbocycles. The van der Waals surface area contributed by atoms with Crippen molar-refractivity contribution in [3.63, 3.8) is 0 Å². The largest absolute Gasteiger partial charge is 0.348 e. The van der Waals surface area contributed by atoms with Gasteiger partial charge in [-0.05, 0) is 31.0 Å². The first-order valence-corrected chi connectivity index (χ1v) is 7.23. The van der Waals surface area contributed by atoms with Gasteiger partial charge < -0.3 is 15.6 Å². The number of carbonyl (C=O) groups excluding carboxylic acids is 1. The van der Waals surface area contributed by atoms with Crippen LogP contribution in [0.5, 0.6) is 0 Å². The normalized spacial score (nSPS) is 12.1. The molecule has 5 nitrogen and oxygen atoms in total. The van der Waals surface area contributed by atoms with Crippen LogP contribution in [0.1, 0.15) is 23.0 Å². The Bertz CT molecular complexity index is 611. The van der Waals surface area contributed by atoms with Crippen LogP contribution in [0.2, 0.25) is 5.02 Å². The SMILES string of the molecule is CC(Cc1cccc(Cl)c1)NC(=O)c1cn(CCN)cn1. The lowest BCUT2D eigenvalue weighted by atomic mass is 10.1. The molecule has 112 valence electrons. The van der Waals surface area contributed by atoms with Crippen molar-refractivity contribution in [2.75, 3.05) is 6.54 Å². The van der Waals surface area contributed by atoms with Crippen molar-refractivity contribution >= 4 is 17.5 Å². The van der Waals surface area contributed by atoms with Gasteiger partial charge in [-0.25, -0.2) is 4.98 Å². The molecule has 3 N–H and O–H groups in total. The van der Waals surface area contributed by atoms with E-state index in [-0.39, 0.29) is 11.9 Å². The lowest BCUT2D eigenvalue weighted by Gasteiger charge is -2.13. The van der Waals surface area contributed by atoms with Gasteiger partial charge in [-0.3, -0.25) is 4.79 Å². The topological polar surface area (TPSA) is 72.9 Å². The van der Waals surface area contributed by atoms with E-state index < -0.39 is 0 Å². The number of nitrogens with zero attached hydrogens (tertiary/aromatic N) is 2. The molecule has 0 aliphatic rings. The summed E-state index contributed by atoms with van der Waals surface area (Å²) in [6, 6.07) is 7.62. The number of aromatic nitrogens is 2. The van der Waals surface area contributed by atoms with Crippen molar-refractivity contribution in [1.29, 1.82) is 0 Å². The minimum atomic E-state index is -0.180. The third-order valence-electron chi connectivity index (χ3n) is 3.06. The molecule has 1 heterocycles. The van der Waals surface area contributed by atoms with Gasteiger partial charge in [-0.15, -0.1) is 0 Å². The second-order valence-corrected chi connectivity index (χ2v) is 5.43. The van der Waals surface area contributed by atoms with Crippen molar-refractivity contribution in [2.24, 2.45) is 5.73 Å². The van der Waals surface area contributed by atoms with Crippen LogP contribution in [0.3, 0.4) is 0 Å². The number of hydrogen-bond donors (Lipinski definition) is 2. The lowest BCUT2D eigenvalue weighted by Crippen LogP contribution is -2.34. The Balaban J connectivity index is 1.92. The molecular weight excluding hydrogens is 288 g/mol. The fourth-order valence-corrected chi connectivity index (χ4v) is 2.33. The number of nitrogens with one attached hydrogen (secondary N) is 1. The van der Waals surface area contributed by atoms with E-state index in [0.29, 0.717) is 23.8 Å². The Morgan fingerprint density at radius 2 is 2.33 bits per heavy atom. The van der Waals surface area contributed by atoms with Gasteiger partial charge >= 0.3 is 0 Å². The molecule has 0 radical (unpaired) electrons. The number of halogens is 1. The second kappa shape index (κ2) is 7.24. The predicted molar refractivity (Wildman–Crippen MR) is 83.4 cm³/mol. The molecule has 1 atom stereocenters. The van der Waals surface area contributed by atoms with Gasteiger partial charge in [0, 0.05) is 30.4 Å². The van der Waals surface area contributed by atoms with Crippen LogP contribution in [-0.4, -0.2) is 28.0 Å². The van der Waals surface area contributed by atoms with Crippen molar-refractivity contribution in [3.8, 4) is 0 Å². The third-order valence-corrected chi connectivity index (χ3v) is 3.30. The summed E-state index contributed by atoms with van der Waals surface area (Å²) < 4.78 is 1.80. The lowest BCUT2D eigenvalue weighted by molar-refractivity contribution is 0.0935. The molecule has 1 unspecified atom stereocenters. The number of amides is 1. The monoisotopic (exact) mass is 306 g/mol. The van der Waals surface area contributed by atoms with Crippen LogP contribution in [0, 0.1) is 0 Å². The van der Waals surface area contributed by atoms with Crippen LogP contribution in [0.4, 0.5) is 0 Å². The van der Waals surface area contributed by atoms with Gasteiger partial charge in [0.1, 0.15) is 5.69 Å². The second-order valence-electron chi connectivity index (χ2n) is 4.99. The number of nitrogens with two attached hydrogens (primary N) is 1. The predicted octanol–water partition coefficient (Wildman–Crippen LogP) is 1.86. The Kier molecular flexibility index (Phi) is 5.36. The molecular formula is C15H19ClN4O. The number of benzene rings is 1. The number of rotatable bonds is 6. The van der Waals surface area contributed by atoms with Crippen LogP contribution in [0.25, 0.3) is 0 Å². The average Bonchev–Trinajstić information content (AvgIpc) is 2.87. The van der Waals surface area contributed by atoms with Gasteiger partial charge in [0.15, 0.2) is 0 Å². The smallest absolute Gasteiger partial charge is 0.271 e. The molecule has 0 aliphatic heterocycles. The highest BCUT2D eigenvalue weighted by Gasteiger charge is 2.13. The van der Waals surface area contributed by atoms with E-state index in [2.05, 4.69) is 10.3 Å². The number of hydrogen-bond acceptors (Lipinski definition) is 3. The molecule has 2 aromatic rings. The quantitative estimate of drug-likeness (QED) is 0.855. The van der Waals surface area contributed by atoms with Crippen LogP contribution in [0.15, 0.2) is 36.8 Å². The summed E-state index contributed by atoms with van der Waals surface area (Å²) in [5.74, 6) is -0.180. The summed E-state index contributed by atoms with van der Waals surface area (Å²) >= 11 is 5.95. The standard InChI is InChI=1S/C15H19ClN4O/c1-11(7-12-3-2-4-13(16)8-12)19-15(21)14-9-20(6-5-17)10-18-14/h2-4,8-11H,5-7,17H2,1H3,(H,19,21). The van der Waals surface area contributed by atoms with E-state index >= 15 is 0 Å². The van der Waals surface area contributed by atoms with E-state index in [9.17, 15) is 4.79 Å². The maximum absolute atomic E-state index is 12.1. The Hall–Kier alpha value is -1.85. The zero-order valence-electron chi connectivity index (χ0n) is 11.9. The third kappa shape index (κ3) is 4.58. The minimum absolute atomic E-state index is 0.00405. The van der Waals surface area contributed by atoms with Gasteiger partial charge in [0.2, 0.25) is 0 Å². The number of carbonyl (C=O) groups is 1. The summed E-state index contributed by atoms with van der Waals surface area (Å²) in [7, 11) is 0. The highest BCUT2D eigenvalue weighted by Crippen LogP contribution is 2.12. The molecule has 0 saturated heterocycles. The molecule has 1 amide bonds. The van der Waals surface area contributed by atoms with Crippen molar-refractivity contribution < 1.29 is 4.79 Å². The van der Waals surface area contributed by atoms with E-state index in [1.54, 1.807) is 17.1 Å². The van der Waals surface area contributed by atoms with E-state index in [0.717, 1.165) is 12.0 Å². The summed E-state index contributed by atoms with van der Waals surface area (Å²) in [6.07, 6.45) is 4.04. The van der Waals surface area contributed by atoms with Crippen molar-refractivity contribution in [2.45, 2.75) is 25.9 Å². The molecule has 1 aromatic carbocycles. The van der Waals surface area contributed by atoms with E-state index in [4.69, 9.17) is 17.3 Å². The fourth-order valence-electron chi connectivity index (χ4n) is 2.11. The maximum atomic E-state index is 12.1. The molecule has 6 heteroatoms. The van der Waals surface area contributed by atoms with Crippen LogP contribution >= 0.6 is 11.6 Å². The summed E-state index contributed by atoms with van der Waals surface area (Å²) in [4.78, 5) is 16.2. The van der Waals surface area contributed by atoms with Crippen LogP contribution < -0.4 is 11.1 Å². The van der Waals surface area contributed by atoms with Gasteiger partial charge in [0.25, 0.3) is 5.91 Å². The minimum Gasteiger partial charge on any atom is -0.348 e. The summed E-state index contributed by atoms with van der Waals surface area (Å²) in [5.41, 5.74) is 6.96. The fraction of sp³-hybridized carbons (Fsp3) is 0.333. The molecule has 0 saturated carbocycles. The molecule has 0 spiro atoms. The Morgan fingerprint density at radius 1 is 1.52 bits per heavy atom. The first-order chi connectivity index (χ1) is 10.1.